The monoisotopic (exact) mass is 314 g/mol. The number of hydrogen-bond acceptors (Lipinski definition) is 3. The second kappa shape index (κ2) is 6.15. The fraction of sp³-hybridized carbons (Fsp3) is 0.846. The molecule has 0 aromatic carbocycles. The van der Waals surface area contributed by atoms with Crippen molar-refractivity contribution < 1.29 is 0 Å². The molecule has 1 atom stereocenters. The van der Waals surface area contributed by atoms with Gasteiger partial charge in [0.15, 0.2) is 4.60 Å². The molecule has 1 unspecified atom stereocenters. The summed E-state index contributed by atoms with van der Waals surface area (Å²) in [6, 6.07) is 0.372. The van der Waals surface area contributed by atoms with Gasteiger partial charge in [0, 0.05) is 7.05 Å². The lowest BCUT2D eigenvalue weighted by atomic mass is 9.78. The first-order valence-electron chi connectivity index (χ1n) is 6.92. The van der Waals surface area contributed by atoms with Gasteiger partial charge in [-0.2, -0.15) is 0 Å². The van der Waals surface area contributed by atoms with Gasteiger partial charge in [-0.15, -0.1) is 5.10 Å². The van der Waals surface area contributed by atoms with Gasteiger partial charge in [0.2, 0.25) is 0 Å². The third-order valence-corrected chi connectivity index (χ3v) is 4.64. The number of nitrogens with one attached hydrogen (secondary N) is 1. The highest BCUT2D eigenvalue weighted by Crippen LogP contribution is 2.38. The summed E-state index contributed by atoms with van der Waals surface area (Å²) in [4.78, 5) is 0. The third-order valence-electron chi connectivity index (χ3n) is 4.08. The van der Waals surface area contributed by atoms with Crippen molar-refractivity contribution in [1.82, 2.24) is 20.3 Å². The van der Waals surface area contributed by atoms with E-state index in [1.165, 1.54) is 31.4 Å². The molecule has 1 heterocycles. The lowest BCUT2D eigenvalue weighted by molar-refractivity contribution is 0.227. The topological polar surface area (TPSA) is 42.7 Å². The third kappa shape index (κ3) is 2.94. The zero-order valence-corrected chi connectivity index (χ0v) is 13.1. The highest BCUT2D eigenvalue weighted by Gasteiger charge is 2.30. The Morgan fingerprint density at radius 2 is 2.06 bits per heavy atom. The van der Waals surface area contributed by atoms with E-state index in [2.05, 4.69) is 45.4 Å². The number of hydrogen-bond donors (Lipinski definition) is 1. The fourth-order valence-corrected chi connectivity index (χ4v) is 3.57. The molecular weight excluding hydrogens is 292 g/mol. The molecule has 1 fully saturated rings. The van der Waals surface area contributed by atoms with Gasteiger partial charge in [-0.1, -0.05) is 31.9 Å². The quantitative estimate of drug-likeness (QED) is 0.928. The number of nitrogens with zero attached hydrogens (tertiary/aromatic N) is 3. The van der Waals surface area contributed by atoms with Crippen LogP contribution in [0.3, 0.4) is 0 Å². The summed E-state index contributed by atoms with van der Waals surface area (Å²) in [5.74, 6) is 1.59. The molecule has 1 aliphatic rings. The molecule has 0 saturated heterocycles. The van der Waals surface area contributed by atoms with Gasteiger partial charge in [-0.25, -0.2) is 4.68 Å². The summed E-state index contributed by atoms with van der Waals surface area (Å²) in [6.07, 6.45) is 5.29. The van der Waals surface area contributed by atoms with Crippen LogP contribution in [0.5, 0.6) is 0 Å². The van der Waals surface area contributed by atoms with Gasteiger partial charge >= 0.3 is 0 Å². The largest absolute Gasteiger partial charge is 0.309 e. The smallest absolute Gasteiger partial charge is 0.153 e. The molecule has 1 aromatic heterocycles. The van der Waals surface area contributed by atoms with E-state index in [9.17, 15) is 0 Å². The Balaban J connectivity index is 2.18. The average Bonchev–Trinajstić information content (AvgIpc) is 2.68. The molecule has 0 aliphatic heterocycles. The lowest BCUT2D eigenvalue weighted by Crippen LogP contribution is -2.32. The van der Waals surface area contributed by atoms with Gasteiger partial charge in [0.05, 0.1) is 11.7 Å². The maximum atomic E-state index is 4.12. The van der Waals surface area contributed by atoms with Crippen molar-refractivity contribution >= 4 is 15.9 Å². The van der Waals surface area contributed by atoms with Crippen molar-refractivity contribution in [3.63, 3.8) is 0 Å². The molecule has 5 heteroatoms. The molecule has 102 valence electrons. The van der Waals surface area contributed by atoms with Crippen LogP contribution >= 0.6 is 15.9 Å². The Kier molecular flexibility index (Phi) is 4.78. The number of aromatic nitrogens is 3. The Hall–Kier alpha value is -0.420. The van der Waals surface area contributed by atoms with Crippen LogP contribution in [0.15, 0.2) is 4.60 Å². The van der Waals surface area contributed by atoms with Crippen molar-refractivity contribution in [2.24, 2.45) is 18.9 Å². The molecule has 0 radical (unpaired) electrons. The van der Waals surface area contributed by atoms with Crippen LogP contribution in [0.1, 0.15) is 51.3 Å². The molecule has 1 N–H and O–H groups in total. The van der Waals surface area contributed by atoms with E-state index in [0.29, 0.717) is 12.0 Å². The molecule has 0 bridgehead atoms. The predicted molar refractivity (Wildman–Crippen MR) is 76.2 cm³/mol. The molecular formula is C13H23BrN4. The molecule has 18 heavy (non-hydrogen) atoms. The second-order valence-electron chi connectivity index (χ2n) is 5.44. The highest BCUT2D eigenvalue weighted by molar-refractivity contribution is 9.10. The first kappa shape index (κ1) is 14.0. The second-order valence-corrected chi connectivity index (χ2v) is 6.20. The standard InChI is InChI=1S/C13H23BrN4/c1-4-15-11(10-7-5-9(2)6-8-10)12-13(14)16-17-18(12)3/h9-11,15H,4-8H2,1-3H3. The van der Waals surface area contributed by atoms with Gasteiger partial charge in [-0.3, -0.25) is 0 Å². The van der Waals surface area contributed by atoms with Crippen LogP contribution in [0.4, 0.5) is 0 Å². The first-order chi connectivity index (χ1) is 8.63. The average molecular weight is 315 g/mol. The molecule has 2 rings (SSSR count). The van der Waals surface area contributed by atoms with Crippen molar-refractivity contribution in [1.29, 1.82) is 0 Å². The van der Waals surface area contributed by atoms with E-state index in [1.807, 2.05) is 11.7 Å². The zero-order valence-electron chi connectivity index (χ0n) is 11.5. The Bertz CT molecular complexity index is 363. The molecule has 1 aromatic rings. The lowest BCUT2D eigenvalue weighted by Gasteiger charge is -2.33. The summed E-state index contributed by atoms with van der Waals surface area (Å²) in [7, 11) is 1.98. The van der Waals surface area contributed by atoms with E-state index < -0.39 is 0 Å². The normalized spacial score (nSPS) is 26.2. The summed E-state index contributed by atoms with van der Waals surface area (Å²) in [5.41, 5.74) is 1.19. The van der Waals surface area contributed by atoms with Crippen LogP contribution in [-0.2, 0) is 7.05 Å². The fourth-order valence-electron chi connectivity index (χ4n) is 2.99. The van der Waals surface area contributed by atoms with Gasteiger partial charge in [0.1, 0.15) is 0 Å². The Morgan fingerprint density at radius 3 is 2.56 bits per heavy atom. The van der Waals surface area contributed by atoms with Crippen LogP contribution in [0.25, 0.3) is 0 Å². The van der Waals surface area contributed by atoms with E-state index in [0.717, 1.165) is 17.1 Å². The van der Waals surface area contributed by atoms with Gasteiger partial charge in [-0.05, 0) is 47.2 Å². The van der Waals surface area contributed by atoms with Crippen LogP contribution in [0, 0.1) is 11.8 Å². The molecule has 1 saturated carbocycles. The van der Waals surface area contributed by atoms with Crippen molar-refractivity contribution in [3.8, 4) is 0 Å². The Morgan fingerprint density at radius 1 is 1.39 bits per heavy atom. The molecule has 0 spiro atoms. The zero-order chi connectivity index (χ0) is 13.1. The minimum atomic E-state index is 0.372. The van der Waals surface area contributed by atoms with Crippen LogP contribution in [-0.4, -0.2) is 21.5 Å². The molecule has 1 aliphatic carbocycles. The maximum absolute atomic E-state index is 4.12. The van der Waals surface area contributed by atoms with Gasteiger partial charge < -0.3 is 5.32 Å². The van der Waals surface area contributed by atoms with Crippen LogP contribution in [0.2, 0.25) is 0 Å². The van der Waals surface area contributed by atoms with Crippen molar-refractivity contribution in [3.05, 3.63) is 10.3 Å². The van der Waals surface area contributed by atoms with Crippen molar-refractivity contribution in [2.75, 3.05) is 6.54 Å². The summed E-state index contributed by atoms with van der Waals surface area (Å²) >= 11 is 3.53. The van der Waals surface area contributed by atoms with Crippen molar-refractivity contribution in [2.45, 2.75) is 45.6 Å². The SMILES string of the molecule is CCNC(c1c(Br)nnn1C)C1CCC(C)CC1. The number of aryl methyl sites for hydroxylation is 1. The number of rotatable bonds is 4. The Labute approximate surface area is 118 Å². The maximum Gasteiger partial charge on any atom is 0.153 e. The summed E-state index contributed by atoms with van der Waals surface area (Å²) in [6.45, 7) is 5.50. The van der Waals surface area contributed by atoms with Gasteiger partial charge in [0.25, 0.3) is 0 Å². The molecule has 4 nitrogen and oxygen atoms in total. The van der Waals surface area contributed by atoms with E-state index in [1.54, 1.807) is 0 Å². The highest BCUT2D eigenvalue weighted by atomic mass is 79.9. The summed E-state index contributed by atoms with van der Waals surface area (Å²) in [5, 5.41) is 11.8. The minimum Gasteiger partial charge on any atom is -0.309 e. The number of halogens is 1. The summed E-state index contributed by atoms with van der Waals surface area (Å²) < 4.78 is 2.78. The first-order valence-corrected chi connectivity index (χ1v) is 7.71. The molecule has 0 amide bonds. The predicted octanol–water partition coefficient (Wildman–Crippen LogP) is 3.05. The van der Waals surface area contributed by atoms with E-state index >= 15 is 0 Å². The minimum absolute atomic E-state index is 0.372. The van der Waals surface area contributed by atoms with E-state index in [4.69, 9.17) is 0 Å². The van der Waals surface area contributed by atoms with Crippen LogP contribution < -0.4 is 5.32 Å². The van der Waals surface area contributed by atoms with E-state index in [-0.39, 0.29) is 0 Å².